The Labute approximate surface area is 163 Å². The maximum absolute atomic E-state index is 12.7. The van der Waals surface area contributed by atoms with Crippen LogP contribution in [0, 0.1) is 0 Å². The number of rotatable bonds is 4. The average molecular weight is 399 g/mol. The van der Waals surface area contributed by atoms with Gasteiger partial charge in [-0.25, -0.2) is 12.7 Å². The molecule has 0 saturated carbocycles. The zero-order valence-corrected chi connectivity index (χ0v) is 16.5. The summed E-state index contributed by atoms with van der Waals surface area (Å²) in [6.45, 7) is 5.30. The maximum atomic E-state index is 12.7. The van der Waals surface area contributed by atoms with Crippen LogP contribution in [0.5, 0.6) is 0 Å². The van der Waals surface area contributed by atoms with Gasteiger partial charge in [0.05, 0.1) is 5.56 Å². The Hall–Kier alpha value is -2.71. The molecule has 2 amide bonds. The number of nitrogens with zero attached hydrogens (tertiary/aromatic N) is 1. The Balaban J connectivity index is 1.54. The first kappa shape index (κ1) is 18.6. The molecule has 146 valence electrons. The van der Waals surface area contributed by atoms with E-state index in [0.29, 0.717) is 6.54 Å². The van der Waals surface area contributed by atoms with Crippen LogP contribution in [0.4, 0.5) is 0 Å². The van der Waals surface area contributed by atoms with Crippen molar-refractivity contribution in [2.75, 3.05) is 0 Å². The van der Waals surface area contributed by atoms with Crippen molar-refractivity contribution in [3.8, 4) is 0 Å². The molecule has 0 fully saturated rings. The number of amides is 2. The lowest BCUT2D eigenvalue weighted by molar-refractivity contribution is 0.0845. The van der Waals surface area contributed by atoms with Gasteiger partial charge in [-0.3, -0.25) is 9.59 Å². The van der Waals surface area contributed by atoms with Crippen LogP contribution in [0.25, 0.3) is 0 Å². The predicted octanol–water partition coefficient (Wildman–Crippen LogP) is 1.77. The molecule has 2 aliphatic heterocycles. The number of hydrogen-bond acceptors (Lipinski definition) is 5. The number of carbonyl (C=O) groups excluding carboxylic acids is 2. The normalized spacial score (nSPS) is 17.0. The summed E-state index contributed by atoms with van der Waals surface area (Å²) in [6, 6.07) is 9.76. The molecule has 2 aliphatic rings. The summed E-state index contributed by atoms with van der Waals surface area (Å²) >= 11 is 0. The third-order valence-corrected chi connectivity index (χ3v) is 7.03. The standard InChI is InChI=1S/C20H21N3O4S/c1-12(2)23-20(25)17-6-5-14(8-18(17)28(23,26)27)19(24)22-9-13-3-4-15-10-21-11-16(15)7-13/h3-8,12,21H,9-11H2,1-2H3,(H,22,24). The molecule has 0 bridgehead atoms. The van der Waals surface area contributed by atoms with Crippen LogP contribution in [0.2, 0.25) is 0 Å². The summed E-state index contributed by atoms with van der Waals surface area (Å²) in [5.74, 6) is -0.934. The van der Waals surface area contributed by atoms with Gasteiger partial charge in [0, 0.05) is 31.2 Å². The summed E-state index contributed by atoms with van der Waals surface area (Å²) in [4.78, 5) is 24.8. The second kappa shape index (κ2) is 6.72. The average Bonchev–Trinajstić information content (AvgIpc) is 3.19. The molecule has 2 aromatic carbocycles. The van der Waals surface area contributed by atoms with E-state index < -0.39 is 22.0 Å². The van der Waals surface area contributed by atoms with Crippen LogP contribution in [0.15, 0.2) is 41.3 Å². The molecule has 0 saturated heterocycles. The molecule has 0 unspecified atom stereocenters. The van der Waals surface area contributed by atoms with Crippen LogP contribution in [-0.2, 0) is 29.7 Å². The van der Waals surface area contributed by atoms with Crippen molar-refractivity contribution >= 4 is 21.8 Å². The van der Waals surface area contributed by atoms with Gasteiger partial charge in [0.25, 0.3) is 21.8 Å². The smallest absolute Gasteiger partial charge is 0.269 e. The molecule has 2 aromatic rings. The highest BCUT2D eigenvalue weighted by molar-refractivity contribution is 7.90. The van der Waals surface area contributed by atoms with E-state index in [9.17, 15) is 18.0 Å². The molecule has 2 heterocycles. The molecule has 0 spiro atoms. The highest BCUT2D eigenvalue weighted by Gasteiger charge is 2.42. The Morgan fingerprint density at radius 1 is 1.14 bits per heavy atom. The van der Waals surface area contributed by atoms with Crippen LogP contribution in [0.1, 0.15) is 51.3 Å². The van der Waals surface area contributed by atoms with E-state index in [4.69, 9.17) is 0 Å². The first-order valence-electron chi connectivity index (χ1n) is 9.11. The molecule has 2 N–H and O–H groups in total. The monoisotopic (exact) mass is 399 g/mol. The highest BCUT2D eigenvalue weighted by Crippen LogP contribution is 2.32. The largest absolute Gasteiger partial charge is 0.348 e. The number of hydrogen-bond donors (Lipinski definition) is 2. The van der Waals surface area contributed by atoms with Crippen molar-refractivity contribution in [1.82, 2.24) is 14.9 Å². The van der Waals surface area contributed by atoms with E-state index in [1.165, 1.54) is 29.3 Å². The minimum atomic E-state index is -3.93. The molecule has 0 aromatic heterocycles. The van der Waals surface area contributed by atoms with Gasteiger partial charge in [-0.05, 0) is 48.7 Å². The Morgan fingerprint density at radius 3 is 2.64 bits per heavy atom. The van der Waals surface area contributed by atoms with E-state index >= 15 is 0 Å². The van der Waals surface area contributed by atoms with E-state index in [0.717, 1.165) is 23.0 Å². The fraction of sp³-hybridized carbons (Fsp3) is 0.300. The van der Waals surface area contributed by atoms with Crippen molar-refractivity contribution in [1.29, 1.82) is 0 Å². The summed E-state index contributed by atoms with van der Waals surface area (Å²) in [5.41, 5.74) is 3.78. The first-order valence-corrected chi connectivity index (χ1v) is 10.6. The van der Waals surface area contributed by atoms with Crippen molar-refractivity contribution in [3.05, 3.63) is 64.2 Å². The minimum absolute atomic E-state index is 0.108. The molecule has 0 radical (unpaired) electrons. The molecule has 28 heavy (non-hydrogen) atoms. The third-order valence-electron chi connectivity index (χ3n) is 5.03. The maximum Gasteiger partial charge on any atom is 0.269 e. The fourth-order valence-corrected chi connectivity index (χ4v) is 5.43. The Kier molecular flexibility index (Phi) is 4.47. The second-order valence-electron chi connectivity index (χ2n) is 7.30. The van der Waals surface area contributed by atoms with Crippen LogP contribution < -0.4 is 10.6 Å². The van der Waals surface area contributed by atoms with Gasteiger partial charge in [0.2, 0.25) is 0 Å². The van der Waals surface area contributed by atoms with E-state index in [1.807, 2.05) is 12.1 Å². The van der Waals surface area contributed by atoms with Crippen LogP contribution in [0.3, 0.4) is 0 Å². The van der Waals surface area contributed by atoms with Crippen molar-refractivity contribution < 1.29 is 18.0 Å². The first-order chi connectivity index (χ1) is 13.3. The van der Waals surface area contributed by atoms with E-state index in [2.05, 4.69) is 16.7 Å². The van der Waals surface area contributed by atoms with E-state index in [1.54, 1.807) is 13.8 Å². The lowest BCUT2D eigenvalue weighted by Gasteiger charge is -2.18. The van der Waals surface area contributed by atoms with Gasteiger partial charge in [0.15, 0.2) is 0 Å². The van der Waals surface area contributed by atoms with Crippen LogP contribution in [-0.4, -0.2) is 30.6 Å². The number of fused-ring (bicyclic) bond motifs is 2. The van der Waals surface area contributed by atoms with Gasteiger partial charge in [0.1, 0.15) is 4.90 Å². The van der Waals surface area contributed by atoms with Crippen molar-refractivity contribution in [3.63, 3.8) is 0 Å². The minimum Gasteiger partial charge on any atom is -0.348 e. The second-order valence-corrected chi connectivity index (χ2v) is 9.08. The zero-order chi connectivity index (χ0) is 20.1. The summed E-state index contributed by atoms with van der Waals surface area (Å²) in [6.07, 6.45) is 0. The van der Waals surface area contributed by atoms with Crippen molar-refractivity contribution in [2.45, 2.75) is 44.4 Å². The molecular formula is C20H21N3O4S. The SMILES string of the molecule is CC(C)N1C(=O)c2ccc(C(=O)NCc3ccc4c(c3)CNC4)cc2S1(=O)=O. The van der Waals surface area contributed by atoms with Crippen molar-refractivity contribution in [2.24, 2.45) is 0 Å². The van der Waals surface area contributed by atoms with Crippen LogP contribution >= 0.6 is 0 Å². The topological polar surface area (TPSA) is 95.6 Å². The third kappa shape index (κ3) is 2.98. The van der Waals surface area contributed by atoms with Gasteiger partial charge in [-0.1, -0.05) is 18.2 Å². The summed E-state index contributed by atoms with van der Waals surface area (Å²) < 4.78 is 26.2. The Morgan fingerprint density at radius 2 is 1.89 bits per heavy atom. The molecule has 4 rings (SSSR count). The van der Waals surface area contributed by atoms with Gasteiger partial charge in [-0.15, -0.1) is 0 Å². The zero-order valence-electron chi connectivity index (χ0n) is 15.7. The lowest BCUT2D eigenvalue weighted by Crippen LogP contribution is -2.36. The molecule has 7 nitrogen and oxygen atoms in total. The molecule has 0 aliphatic carbocycles. The van der Waals surface area contributed by atoms with E-state index in [-0.39, 0.29) is 21.9 Å². The molecular weight excluding hydrogens is 378 g/mol. The number of carbonyl (C=O) groups is 2. The predicted molar refractivity (Wildman–Crippen MR) is 103 cm³/mol. The fourth-order valence-electron chi connectivity index (χ4n) is 3.64. The molecule has 0 atom stereocenters. The van der Waals surface area contributed by atoms with Gasteiger partial charge >= 0.3 is 0 Å². The van der Waals surface area contributed by atoms with Gasteiger partial charge in [-0.2, -0.15) is 0 Å². The summed E-state index contributed by atoms with van der Waals surface area (Å²) in [5, 5.41) is 6.09. The quantitative estimate of drug-likeness (QED) is 0.817. The lowest BCUT2D eigenvalue weighted by atomic mass is 10.1. The number of nitrogens with one attached hydrogen (secondary N) is 2. The highest BCUT2D eigenvalue weighted by atomic mass is 32.2. The summed E-state index contributed by atoms with van der Waals surface area (Å²) in [7, 11) is -3.93. The number of sulfonamides is 1. The number of benzene rings is 2. The van der Waals surface area contributed by atoms with Gasteiger partial charge < -0.3 is 10.6 Å². The molecule has 8 heteroatoms. The Bertz CT molecular complexity index is 1090.